The van der Waals surface area contributed by atoms with Gasteiger partial charge in [-0.2, -0.15) is 5.26 Å². The standard InChI is InChI=1S/C15H15N3O3S/c1-9-12(14(19)20)13(18-15(17-9)22-8-7-16)10-3-5-11(21-2)6-4-10/h3-6,13H,8H2,1-2H3,(H,17,18)(H,19,20). The molecular weight excluding hydrogens is 302 g/mol. The molecule has 0 radical (unpaired) electrons. The minimum atomic E-state index is -1.01. The maximum atomic E-state index is 11.5. The lowest BCUT2D eigenvalue weighted by Crippen LogP contribution is -2.29. The first-order valence-electron chi connectivity index (χ1n) is 6.49. The zero-order chi connectivity index (χ0) is 16.1. The number of hydrogen-bond donors (Lipinski definition) is 2. The highest BCUT2D eigenvalue weighted by Crippen LogP contribution is 2.32. The summed E-state index contributed by atoms with van der Waals surface area (Å²) in [5.74, 6) is -0.0751. The molecule has 2 N–H and O–H groups in total. The summed E-state index contributed by atoms with van der Waals surface area (Å²) in [6.45, 7) is 1.70. The number of nitriles is 1. The summed E-state index contributed by atoms with van der Waals surface area (Å²) in [5, 5.41) is 21.6. The van der Waals surface area contributed by atoms with Crippen molar-refractivity contribution < 1.29 is 14.6 Å². The molecule has 1 aromatic carbocycles. The van der Waals surface area contributed by atoms with E-state index in [9.17, 15) is 9.90 Å². The number of carbonyl (C=O) groups is 1. The number of aliphatic imine (C=N–C) groups is 1. The first-order chi connectivity index (χ1) is 10.6. The highest BCUT2D eigenvalue weighted by atomic mass is 32.2. The van der Waals surface area contributed by atoms with E-state index in [1.807, 2.05) is 6.07 Å². The highest BCUT2D eigenvalue weighted by molar-refractivity contribution is 8.14. The minimum Gasteiger partial charge on any atom is -0.497 e. The third-order valence-electron chi connectivity index (χ3n) is 3.15. The summed E-state index contributed by atoms with van der Waals surface area (Å²) in [6.07, 6.45) is 0. The number of thioether (sulfide) groups is 1. The van der Waals surface area contributed by atoms with E-state index in [1.165, 1.54) is 11.8 Å². The number of methoxy groups -OCH3 is 1. The summed E-state index contributed by atoms with van der Waals surface area (Å²) >= 11 is 1.25. The topological polar surface area (TPSA) is 94.7 Å². The molecule has 6 nitrogen and oxygen atoms in total. The van der Waals surface area contributed by atoms with Gasteiger partial charge >= 0.3 is 5.97 Å². The van der Waals surface area contributed by atoms with E-state index in [1.54, 1.807) is 38.3 Å². The van der Waals surface area contributed by atoms with Crippen molar-refractivity contribution in [2.45, 2.75) is 13.0 Å². The van der Waals surface area contributed by atoms with Gasteiger partial charge in [-0.05, 0) is 24.6 Å². The predicted molar refractivity (Wildman–Crippen MR) is 84.7 cm³/mol. The van der Waals surface area contributed by atoms with Crippen molar-refractivity contribution in [2.24, 2.45) is 4.99 Å². The molecule has 1 aliphatic rings. The number of hydrogen-bond acceptors (Lipinski definition) is 6. The van der Waals surface area contributed by atoms with Crippen LogP contribution in [0, 0.1) is 11.3 Å². The molecule has 0 bridgehead atoms. The van der Waals surface area contributed by atoms with E-state index >= 15 is 0 Å². The maximum absolute atomic E-state index is 11.5. The number of carboxylic acid groups (broad SMARTS) is 1. The molecule has 1 unspecified atom stereocenters. The fourth-order valence-electron chi connectivity index (χ4n) is 2.13. The Labute approximate surface area is 132 Å². The van der Waals surface area contributed by atoms with Gasteiger partial charge in [0.1, 0.15) is 11.8 Å². The number of aliphatic carboxylic acids is 1. The Bertz CT molecular complexity index is 674. The molecule has 0 fully saturated rings. The molecule has 0 aliphatic carbocycles. The molecule has 0 saturated heterocycles. The highest BCUT2D eigenvalue weighted by Gasteiger charge is 2.29. The van der Waals surface area contributed by atoms with Crippen LogP contribution in [0.15, 0.2) is 40.5 Å². The van der Waals surface area contributed by atoms with Crippen LogP contribution in [0.25, 0.3) is 0 Å². The third-order valence-corrected chi connectivity index (χ3v) is 3.91. The van der Waals surface area contributed by atoms with Gasteiger partial charge in [0.15, 0.2) is 5.17 Å². The normalized spacial score (nSPS) is 17.3. The van der Waals surface area contributed by atoms with Gasteiger partial charge in [-0.1, -0.05) is 23.9 Å². The number of nitrogens with zero attached hydrogens (tertiary/aromatic N) is 2. The Morgan fingerprint density at radius 3 is 2.73 bits per heavy atom. The molecule has 114 valence electrons. The SMILES string of the molecule is COc1ccc(C2N=C(SCC#N)NC(C)=C2C(=O)O)cc1. The Hall–Kier alpha value is -2.46. The Morgan fingerprint density at radius 1 is 1.50 bits per heavy atom. The van der Waals surface area contributed by atoms with Crippen LogP contribution in [0.2, 0.25) is 0 Å². The minimum absolute atomic E-state index is 0.200. The van der Waals surface area contributed by atoms with E-state index in [2.05, 4.69) is 10.3 Å². The van der Waals surface area contributed by atoms with Crippen LogP contribution in [-0.2, 0) is 4.79 Å². The van der Waals surface area contributed by atoms with Gasteiger partial charge in [0, 0.05) is 5.70 Å². The fraction of sp³-hybridized carbons (Fsp3) is 0.267. The van der Waals surface area contributed by atoms with E-state index in [-0.39, 0.29) is 11.3 Å². The smallest absolute Gasteiger partial charge is 0.335 e. The van der Waals surface area contributed by atoms with Gasteiger partial charge in [-0.25, -0.2) is 9.79 Å². The van der Waals surface area contributed by atoms with Crippen molar-refractivity contribution in [2.75, 3.05) is 12.9 Å². The van der Waals surface area contributed by atoms with Gasteiger partial charge in [0.2, 0.25) is 0 Å². The van der Waals surface area contributed by atoms with Crippen molar-refractivity contribution in [3.05, 3.63) is 41.1 Å². The second-order valence-corrected chi connectivity index (χ2v) is 5.49. The quantitative estimate of drug-likeness (QED) is 0.885. The Kier molecular flexibility index (Phi) is 5.07. The summed E-state index contributed by atoms with van der Waals surface area (Å²) in [6, 6.07) is 8.54. The number of rotatable bonds is 4. The van der Waals surface area contributed by atoms with Crippen LogP contribution in [0.4, 0.5) is 0 Å². The molecule has 0 amide bonds. The second kappa shape index (κ2) is 7.00. The first-order valence-corrected chi connectivity index (χ1v) is 7.48. The zero-order valence-corrected chi connectivity index (χ0v) is 13.0. The first kappa shape index (κ1) is 15.9. The largest absolute Gasteiger partial charge is 0.497 e. The Morgan fingerprint density at radius 2 is 2.18 bits per heavy atom. The molecule has 2 rings (SSSR count). The van der Waals surface area contributed by atoms with Gasteiger partial charge in [-0.3, -0.25) is 0 Å². The average molecular weight is 317 g/mol. The number of benzene rings is 1. The molecule has 0 saturated carbocycles. The van der Waals surface area contributed by atoms with Crippen LogP contribution in [0.1, 0.15) is 18.5 Å². The molecule has 0 aromatic heterocycles. The summed E-state index contributed by atoms with van der Waals surface area (Å²) in [5.41, 5.74) is 1.49. The number of ether oxygens (including phenoxy) is 1. The molecule has 1 aromatic rings. The van der Waals surface area contributed by atoms with Crippen molar-refractivity contribution in [1.82, 2.24) is 5.32 Å². The van der Waals surface area contributed by atoms with Crippen LogP contribution >= 0.6 is 11.8 Å². The van der Waals surface area contributed by atoms with E-state index in [4.69, 9.17) is 10.00 Å². The van der Waals surface area contributed by atoms with Crippen molar-refractivity contribution in [1.29, 1.82) is 5.26 Å². The fourth-order valence-corrected chi connectivity index (χ4v) is 2.73. The van der Waals surface area contributed by atoms with Crippen molar-refractivity contribution >= 4 is 22.9 Å². The lowest BCUT2D eigenvalue weighted by Gasteiger charge is -2.24. The van der Waals surface area contributed by atoms with Gasteiger partial charge in [-0.15, -0.1) is 0 Å². The van der Waals surface area contributed by atoms with Crippen molar-refractivity contribution in [3.63, 3.8) is 0 Å². The third kappa shape index (κ3) is 3.40. The van der Waals surface area contributed by atoms with Gasteiger partial charge in [0.05, 0.1) is 24.5 Å². The lowest BCUT2D eigenvalue weighted by molar-refractivity contribution is -0.133. The van der Waals surface area contributed by atoms with Crippen LogP contribution in [-0.4, -0.2) is 29.1 Å². The number of allylic oxidation sites excluding steroid dienone is 1. The lowest BCUT2D eigenvalue weighted by atomic mass is 9.97. The monoisotopic (exact) mass is 317 g/mol. The average Bonchev–Trinajstić information content (AvgIpc) is 2.52. The zero-order valence-electron chi connectivity index (χ0n) is 12.2. The molecule has 0 spiro atoms. The van der Waals surface area contributed by atoms with Gasteiger partial charge < -0.3 is 15.2 Å². The van der Waals surface area contributed by atoms with E-state index in [0.717, 1.165) is 5.56 Å². The summed E-state index contributed by atoms with van der Waals surface area (Å²) in [4.78, 5) is 16.0. The van der Waals surface area contributed by atoms with Crippen LogP contribution < -0.4 is 10.1 Å². The Balaban J connectivity index is 2.40. The molecule has 1 atom stereocenters. The number of nitrogens with one attached hydrogen (secondary N) is 1. The maximum Gasteiger partial charge on any atom is 0.335 e. The molecule has 22 heavy (non-hydrogen) atoms. The summed E-state index contributed by atoms with van der Waals surface area (Å²) in [7, 11) is 1.57. The van der Waals surface area contributed by atoms with Crippen LogP contribution in [0.3, 0.4) is 0 Å². The number of carboxylic acids is 1. The van der Waals surface area contributed by atoms with Gasteiger partial charge in [0.25, 0.3) is 0 Å². The molecule has 7 heteroatoms. The van der Waals surface area contributed by atoms with Crippen LogP contribution in [0.5, 0.6) is 5.75 Å². The summed E-state index contributed by atoms with van der Waals surface area (Å²) < 4.78 is 5.11. The second-order valence-electron chi connectivity index (χ2n) is 4.53. The molecule has 1 aliphatic heterocycles. The molecule has 1 heterocycles. The molecular formula is C15H15N3O3S. The number of amidine groups is 1. The predicted octanol–water partition coefficient (Wildman–Crippen LogP) is 2.31. The van der Waals surface area contributed by atoms with E-state index < -0.39 is 12.0 Å². The van der Waals surface area contributed by atoms with Crippen molar-refractivity contribution in [3.8, 4) is 11.8 Å². The van der Waals surface area contributed by atoms with E-state index in [0.29, 0.717) is 16.6 Å².